The van der Waals surface area contributed by atoms with Gasteiger partial charge in [0.2, 0.25) is 11.7 Å². The average Bonchev–Trinajstić information content (AvgIpc) is 2.60. The second-order valence-corrected chi connectivity index (χ2v) is 6.26. The van der Waals surface area contributed by atoms with E-state index in [9.17, 15) is 18.0 Å². The van der Waals surface area contributed by atoms with Gasteiger partial charge in [-0.05, 0) is 17.5 Å². The number of hydrogen-bond acceptors (Lipinski definition) is 5. The highest BCUT2D eigenvalue weighted by Crippen LogP contribution is 2.29. The highest BCUT2D eigenvalue weighted by atomic mass is 19.4. The molecule has 0 aliphatic rings. The SMILES string of the molecule is CC(C)CN(NC(=O)Cc1cccc(C(F)(F)F)c1)c1ccnc(C#N)n1. The molecular formula is C18H18F3N5O. The summed E-state index contributed by atoms with van der Waals surface area (Å²) in [6, 6.07) is 7.98. The van der Waals surface area contributed by atoms with E-state index in [2.05, 4.69) is 15.4 Å². The number of amides is 1. The number of nitriles is 1. The molecule has 1 aromatic heterocycles. The maximum absolute atomic E-state index is 12.8. The molecule has 1 N–H and O–H groups in total. The van der Waals surface area contributed by atoms with Gasteiger partial charge in [-0.15, -0.1) is 0 Å². The first-order chi connectivity index (χ1) is 12.7. The van der Waals surface area contributed by atoms with Crippen LogP contribution < -0.4 is 10.4 Å². The van der Waals surface area contributed by atoms with E-state index in [1.807, 2.05) is 19.9 Å². The lowest BCUT2D eigenvalue weighted by Gasteiger charge is -2.26. The van der Waals surface area contributed by atoms with Crippen molar-refractivity contribution in [2.24, 2.45) is 5.92 Å². The van der Waals surface area contributed by atoms with E-state index < -0.39 is 17.6 Å². The monoisotopic (exact) mass is 377 g/mol. The van der Waals surface area contributed by atoms with Crippen LogP contribution in [-0.4, -0.2) is 22.4 Å². The molecule has 0 spiro atoms. The molecule has 0 aliphatic carbocycles. The summed E-state index contributed by atoms with van der Waals surface area (Å²) in [6.45, 7) is 4.26. The van der Waals surface area contributed by atoms with Gasteiger partial charge >= 0.3 is 6.18 Å². The van der Waals surface area contributed by atoms with Gasteiger partial charge in [0.15, 0.2) is 5.82 Å². The number of nitrogens with one attached hydrogen (secondary N) is 1. The molecule has 0 saturated carbocycles. The molecule has 9 heteroatoms. The fourth-order valence-electron chi connectivity index (χ4n) is 2.35. The van der Waals surface area contributed by atoms with Crippen LogP contribution in [0.5, 0.6) is 0 Å². The highest BCUT2D eigenvalue weighted by molar-refractivity contribution is 5.80. The molecular weight excluding hydrogens is 359 g/mol. The van der Waals surface area contributed by atoms with Gasteiger partial charge in [-0.1, -0.05) is 32.0 Å². The summed E-state index contributed by atoms with van der Waals surface area (Å²) >= 11 is 0. The van der Waals surface area contributed by atoms with E-state index >= 15 is 0 Å². The molecule has 1 heterocycles. The Morgan fingerprint density at radius 2 is 2.07 bits per heavy atom. The molecule has 1 amide bonds. The Morgan fingerprint density at radius 1 is 1.33 bits per heavy atom. The van der Waals surface area contributed by atoms with E-state index in [1.54, 1.807) is 0 Å². The van der Waals surface area contributed by atoms with Crippen LogP contribution in [0.15, 0.2) is 36.5 Å². The van der Waals surface area contributed by atoms with E-state index in [4.69, 9.17) is 5.26 Å². The Hall–Kier alpha value is -3.15. The molecule has 0 radical (unpaired) electrons. The molecule has 2 rings (SSSR count). The largest absolute Gasteiger partial charge is 0.416 e. The third kappa shape index (κ3) is 5.95. The van der Waals surface area contributed by atoms with Crippen molar-refractivity contribution < 1.29 is 18.0 Å². The molecule has 0 saturated heterocycles. The maximum atomic E-state index is 12.8. The standard InChI is InChI=1S/C18H18F3N5O/c1-12(2)11-26(16-6-7-23-15(10-22)24-16)25-17(27)9-13-4-3-5-14(8-13)18(19,20)21/h3-8,12H,9,11H2,1-2H3,(H,25,27). The minimum Gasteiger partial charge on any atom is -0.273 e. The summed E-state index contributed by atoms with van der Waals surface area (Å²) in [5.74, 6) is -0.0625. The van der Waals surface area contributed by atoms with Crippen LogP contribution in [-0.2, 0) is 17.4 Å². The quantitative estimate of drug-likeness (QED) is 0.783. The van der Waals surface area contributed by atoms with Crippen LogP contribution in [0, 0.1) is 17.2 Å². The van der Waals surface area contributed by atoms with Gasteiger partial charge in [0.1, 0.15) is 6.07 Å². The van der Waals surface area contributed by atoms with E-state index in [0.29, 0.717) is 12.4 Å². The summed E-state index contributed by atoms with van der Waals surface area (Å²) in [7, 11) is 0. The number of hydrogen-bond donors (Lipinski definition) is 1. The van der Waals surface area contributed by atoms with Gasteiger partial charge in [-0.3, -0.25) is 15.2 Å². The second-order valence-electron chi connectivity index (χ2n) is 6.26. The fourth-order valence-corrected chi connectivity index (χ4v) is 2.35. The van der Waals surface area contributed by atoms with Crippen LogP contribution in [0.25, 0.3) is 0 Å². The number of nitrogens with zero attached hydrogens (tertiary/aromatic N) is 4. The topological polar surface area (TPSA) is 81.9 Å². The lowest BCUT2D eigenvalue weighted by atomic mass is 10.1. The lowest BCUT2D eigenvalue weighted by Crippen LogP contribution is -2.45. The predicted octanol–water partition coefficient (Wildman–Crippen LogP) is 3.10. The minimum atomic E-state index is -4.47. The first kappa shape index (κ1) is 20.2. The van der Waals surface area contributed by atoms with E-state index in [1.165, 1.54) is 29.4 Å². The van der Waals surface area contributed by atoms with Crippen molar-refractivity contribution >= 4 is 11.7 Å². The number of rotatable bonds is 6. The van der Waals surface area contributed by atoms with Crippen LogP contribution in [0.2, 0.25) is 0 Å². The second kappa shape index (κ2) is 8.49. The van der Waals surface area contributed by atoms with Gasteiger partial charge in [0.05, 0.1) is 12.0 Å². The van der Waals surface area contributed by atoms with Crippen molar-refractivity contribution in [1.29, 1.82) is 5.26 Å². The Bertz CT molecular complexity index is 845. The van der Waals surface area contributed by atoms with Crippen LogP contribution in [0.1, 0.15) is 30.8 Å². The number of benzene rings is 1. The van der Waals surface area contributed by atoms with Gasteiger partial charge in [0.25, 0.3) is 0 Å². The van der Waals surface area contributed by atoms with Crippen LogP contribution in [0.3, 0.4) is 0 Å². The Morgan fingerprint density at radius 3 is 2.70 bits per heavy atom. The number of anilines is 1. The van der Waals surface area contributed by atoms with E-state index in [0.717, 1.165) is 12.1 Å². The maximum Gasteiger partial charge on any atom is 0.416 e. The molecule has 0 fully saturated rings. The zero-order valence-electron chi connectivity index (χ0n) is 14.8. The zero-order valence-corrected chi connectivity index (χ0v) is 14.8. The van der Waals surface area contributed by atoms with Crippen LogP contribution >= 0.6 is 0 Å². The number of alkyl halides is 3. The molecule has 0 atom stereocenters. The van der Waals surface area contributed by atoms with Crippen LogP contribution in [0.4, 0.5) is 19.0 Å². The van der Waals surface area contributed by atoms with Crippen molar-refractivity contribution in [3.63, 3.8) is 0 Å². The number of aromatic nitrogens is 2. The minimum absolute atomic E-state index is 0.0478. The van der Waals surface area contributed by atoms with E-state index in [-0.39, 0.29) is 23.7 Å². The van der Waals surface area contributed by atoms with Crippen molar-refractivity contribution in [3.05, 3.63) is 53.5 Å². The Kier molecular flexibility index (Phi) is 6.34. The van der Waals surface area contributed by atoms with Crippen molar-refractivity contribution in [2.75, 3.05) is 11.6 Å². The molecule has 2 aromatic rings. The molecule has 0 bridgehead atoms. The molecule has 1 aromatic carbocycles. The number of carbonyl (C=O) groups excluding carboxylic acids is 1. The van der Waals surface area contributed by atoms with Gasteiger partial charge in [-0.25, -0.2) is 4.98 Å². The van der Waals surface area contributed by atoms with Gasteiger partial charge < -0.3 is 0 Å². The molecule has 6 nitrogen and oxygen atoms in total. The predicted molar refractivity (Wildman–Crippen MR) is 92.2 cm³/mol. The normalized spacial score (nSPS) is 11.1. The summed E-state index contributed by atoms with van der Waals surface area (Å²) < 4.78 is 38.4. The third-order valence-electron chi connectivity index (χ3n) is 3.44. The molecule has 27 heavy (non-hydrogen) atoms. The molecule has 142 valence electrons. The van der Waals surface area contributed by atoms with Gasteiger partial charge in [-0.2, -0.15) is 23.4 Å². The van der Waals surface area contributed by atoms with Gasteiger partial charge in [0, 0.05) is 18.8 Å². The third-order valence-corrected chi connectivity index (χ3v) is 3.44. The summed E-state index contributed by atoms with van der Waals surface area (Å²) in [5, 5.41) is 10.4. The Labute approximate surface area is 154 Å². The van der Waals surface area contributed by atoms with Crippen molar-refractivity contribution in [3.8, 4) is 6.07 Å². The fraction of sp³-hybridized carbons (Fsp3) is 0.333. The Balaban J connectivity index is 2.15. The van der Waals surface area contributed by atoms with Crippen molar-refractivity contribution in [2.45, 2.75) is 26.4 Å². The molecule has 0 aliphatic heterocycles. The number of hydrazine groups is 1. The summed E-state index contributed by atoms with van der Waals surface area (Å²) in [4.78, 5) is 20.2. The molecule has 0 unspecified atom stereocenters. The zero-order chi connectivity index (χ0) is 20.0. The smallest absolute Gasteiger partial charge is 0.273 e. The average molecular weight is 377 g/mol. The summed E-state index contributed by atoms with van der Waals surface area (Å²) in [5.41, 5.74) is 2.07. The number of halogens is 3. The lowest BCUT2D eigenvalue weighted by molar-refractivity contribution is -0.137. The highest BCUT2D eigenvalue weighted by Gasteiger charge is 2.30. The first-order valence-electron chi connectivity index (χ1n) is 8.15. The first-order valence-corrected chi connectivity index (χ1v) is 8.15. The summed E-state index contributed by atoms with van der Waals surface area (Å²) in [6.07, 6.45) is -3.30. The number of carbonyl (C=O) groups is 1. The van der Waals surface area contributed by atoms with Crippen molar-refractivity contribution in [1.82, 2.24) is 15.4 Å².